The maximum atomic E-state index is 12.4. The van der Waals surface area contributed by atoms with Crippen LogP contribution in [-0.4, -0.2) is 36.3 Å². The lowest BCUT2D eigenvalue weighted by atomic mass is 10.1. The summed E-state index contributed by atoms with van der Waals surface area (Å²) in [6.07, 6.45) is 1.84. The molecule has 2 aromatic rings. The third-order valence-corrected chi connectivity index (χ3v) is 5.25. The van der Waals surface area contributed by atoms with Crippen molar-refractivity contribution >= 4 is 32.8 Å². The molecule has 1 aromatic carbocycles. The van der Waals surface area contributed by atoms with E-state index in [0.29, 0.717) is 17.6 Å². The fourth-order valence-corrected chi connectivity index (χ4v) is 4.27. The molecule has 0 amide bonds. The fourth-order valence-electron chi connectivity index (χ4n) is 2.23. The van der Waals surface area contributed by atoms with Gasteiger partial charge >= 0.3 is 0 Å². The van der Waals surface area contributed by atoms with Gasteiger partial charge in [0.25, 0.3) is 0 Å². The molecule has 1 saturated heterocycles. The number of rotatable bonds is 3. The van der Waals surface area contributed by atoms with Gasteiger partial charge in [0.1, 0.15) is 15.9 Å². The lowest BCUT2D eigenvalue weighted by molar-refractivity contribution is 0.429. The fraction of sp³-hybridized carbons (Fsp3) is 0.455. The number of hydrogen-bond acceptors (Lipinski definition) is 6. The van der Waals surface area contributed by atoms with E-state index in [-0.39, 0.29) is 10.9 Å². The van der Waals surface area contributed by atoms with Crippen LogP contribution in [0.3, 0.4) is 0 Å². The Balaban J connectivity index is 1.93. The smallest absolute Gasteiger partial charge is 0.243 e. The van der Waals surface area contributed by atoms with Crippen LogP contribution in [0, 0.1) is 0 Å². The van der Waals surface area contributed by atoms with Gasteiger partial charge in [0, 0.05) is 12.6 Å². The maximum absolute atomic E-state index is 12.4. The van der Waals surface area contributed by atoms with E-state index in [9.17, 15) is 8.42 Å². The molecule has 2 N–H and O–H groups in total. The van der Waals surface area contributed by atoms with Crippen molar-refractivity contribution in [1.29, 1.82) is 0 Å². The van der Waals surface area contributed by atoms with Crippen molar-refractivity contribution in [2.75, 3.05) is 13.1 Å². The van der Waals surface area contributed by atoms with Crippen LogP contribution in [0.25, 0.3) is 11.0 Å². The van der Waals surface area contributed by atoms with Crippen LogP contribution in [-0.2, 0) is 10.0 Å². The van der Waals surface area contributed by atoms with Crippen molar-refractivity contribution < 1.29 is 8.42 Å². The number of aromatic nitrogens is 2. The van der Waals surface area contributed by atoms with Gasteiger partial charge in [-0.2, -0.15) is 8.75 Å². The zero-order valence-corrected chi connectivity index (χ0v) is 11.8. The van der Waals surface area contributed by atoms with Crippen LogP contribution in [0.5, 0.6) is 0 Å². The molecule has 0 bridgehead atoms. The van der Waals surface area contributed by atoms with Gasteiger partial charge < -0.3 is 5.32 Å². The summed E-state index contributed by atoms with van der Waals surface area (Å²) in [5, 5.41) is 3.19. The van der Waals surface area contributed by atoms with Crippen LogP contribution >= 0.6 is 11.7 Å². The number of nitrogens with one attached hydrogen (secondary N) is 2. The number of hydrogen-bond donors (Lipinski definition) is 2. The molecule has 2 heterocycles. The van der Waals surface area contributed by atoms with E-state index >= 15 is 0 Å². The van der Waals surface area contributed by atoms with Crippen LogP contribution in [0.1, 0.15) is 12.8 Å². The van der Waals surface area contributed by atoms with Crippen molar-refractivity contribution in [3.8, 4) is 0 Å². The topological polar surface area (TPSA) is 84.0 Å². The first-order valence-electron chi connectivity index (χ1n) is 6.11. The van der Waals surface area contributed by atoms with Gasteiger partial charge in [0.05, 0.1) is 11.7 Å². The Morgan fingerprint density at radius 1 is 1.37 bits per heavy atom. The molecule has 1 aliphatic heterocycles. The molecular formula is C11H14N4O2S2. The van der Waals surface area contributed by atoms with Crippen molar-refractivity contribution in [2.45, 2.75) is 23.8 Å². The molecular weight excluding hydrogens is 284 g/mol. The Hall–Kier alpha value is -1.09. The molecule has 0 spiro atoms. The Morgan fingerprint density at radius 3 is 3.05 bits per heavy atom. The number of benzene rings is 1. The second-order valence-corrected chi connectivity index (χ2v) is 6.76. The summed E-state index contributed by atoms with van der Waals surface area (Å²) in [5.41, 5.74) is 1.07. The van der Waals surface area contributed by atoms with E-state index < -0.39 is 10.0 Å². The van der Waals surface area contributed by atoms with E-state index in [1.54, 1.807) is 18.2 Å². The van der Waals surface area contributed by atoms with Crippen LogP contribution in [0.2, 0.25) is 0 Å². The summed E-state index contributed by atoms with van der Waals surface area (Å²) in [7, 11) is -3.54. The average Bonchev–Trinajstić information content (AvgIpc) is 2.87. The average molecular weight is 298 g/mol. The van der Waals surface area contributed by atoms with E-state index in [0.717, 1.165) is 31.1 Å². The minimum absolute atomic E-state index is 0.0550. The summed E-state index contributed by atoms with van der Waals surface area (Å²) >= 11 is 1.02. The normalized spacial score (nSPS) is 20.7. The first-order valence-corrected chi connectivity index (χ1v) is 8.32. The van der Waals surface area contributed by atoms with E-state index in [4.69, 9.17) is 0 Å². The highest BCUT2D eigenvalue weighted by atomic mass is 32.2. The summed E-state index contributed by atoms with van der Waals surface area (Å²) < 4.78 is 35.7. The van der Waals surface area contributed by atoms with Crippen LogP contribution < -0.4 is 10.0 Å². The van der Waals surface area contributed by atoms with Crippen molar-refractivity contribution in [1.82, 2.24) is 18.8 Å². The zero-order chi connectivity index (χ0) is 13.3. The third-order valence-electron chi connectivity index (χ3n) is 3.16. The minimum Gasteiger partial charge on any atom is -0.315 e. The zero-order valence-electron chi connectivity index (χ0n) is 10.2. The first kappa shape index (κ1) is 12.9. The van der Waals surface area contributed by atoms with Gasteiger partial charge in [-0.15, -0.1) is 0 Å². The minimum atomic E-state index is -3.54. The Kier molecular flexibility index (Phi) is 3.48. The quantitative estimate of drug-likeness (QED) is 0.872. The van der Waals surface area contributed by atoms with Crippen LogP contribution in [0.15, 0.2) is 23.1 Å². The van der Waals surface area contributed by atoms with E-state index in [1.165, 1.54) is 0 Å². The number of nitrogens with zero attached hydrogens (tertiary/aromatic N) is 2. The molecule has 0 saturated carbocycles. The number of sulfonamides is 1. The Morgan fingerprint density at radius 2 is 2.26 bits per heavy atom. The highest BCUT2D eigenvalue weighted by Crippen LogP contribution is 2.21. The highest BCUT2D eigenvalue weighted by molar-refractivity contribution is 7.89. The monoisotopic (exact) mass is 298 g/mol. The van der Waals surface area contributed by atoms with Gasteiger partial charge in [-0.05, 0) is 31.5 Å². The Bertz CT molecular complexity index is 677. The molecule has 8 heteroatoms. The lowest BCUT2D eigenvalue weighted by Gasteiger charge is -2.23. The lowest BCUT2D eigenvalue weighted by Crippen LogP contribution is -2.45. The second kappa shape index (κ2) is 5.12. The molecule has 1 aromatic heterocycles. The number of piperidine rings is 1. The van der Waals surface area contributed by atoms with Crippen molar-refractivity contribution in [3.05, 3.63) is 18.2 Å². The maximum Gasteiger partial charge on any atom is 0.243 e. The summed E-state index contributed by atoms with van der Waals surface area (Å²) in [5.74, 6) is 0. The van der Waals surface area contributed by atoms with Gasteiger partial charge in [-0.3, -0.25) is 0 Å². The molecule has 19 heavy (non-hydrogen) atoms. The molecule has 6 nitrogen and oxygen atoms in total. The SMILES string of the molecule is O=S(=O)(N[C@@H]1CCCNC1)c1cccc2nsnc12. The number of fused-ring (bicyclic) bond motifs is 1. The van der Waals surface area contributed by atoms with Gasteiger partial charge in [0.2, 0.25) is 10.0 Å². The van der Waals surface area contributed by atoms with Gasteiger partial charge in [-0.1, -0.05) is 6.07 Å². The summed E-state index contributed by atoms with van der Waals surface area (Å²) in [6, 6.07) is 4.97. The predicted molar refractivity (Wildman–Crippen MR) is 73.6 cm³/mol. The second-order valence-electron chi connectivity index (χ2n) is 4.55. The molecule has 1 atom stereocenters. The predicted octanol–water partition coefficient (Wildman–Crippen LogP) is 0.722. The Labute approximate surface area is 115 Å². The molecule has 0 radical (unpaired) electrons. The van der Waals surface area contributed by atoms with Crippen molar-refractivity contribution in [3.63, 3.8) is 0 Å². The largest absolute Gasteiger partial charge is 0.315 e. The summed E-state index contributed by atoms with van der Waals surface area (Å²) in [4.78, 5) is 0.212. The first-order chi connectivity index (χ1) is 9.17. The molecule has 102 valence electrons. The van der Waals surface area contributed by atoms with Gasteiger partial charge in [0.15, 0.2) is 0 Å². The highest BCUT2D eigenvalue weighted by Gasteiger charge is 2.24. The third kappa shape index (κ3) is 2.62. The van der Waals surface area contributed by atoms with Gasteiger partial charge in [-0.25, -0.2) is 13.1 Å². The molecule has 0 unspecified atom stereocenters. The molecule has 1 aliphatic rings. The molecule has 3 rings (SSSR count). The van der Waals surface area contributed by atoms with E-state index in [2.05, 4.69) is 18.8 Å². The van der Waals surface area contributed by atoms with Crippen LogP contribution in [0.4, 0.5) is 0 Å². The van der Waals surface area contributed by atoms with E-state index in [1.807, 2.05) is 0 Å². The molecule has 1 fully saturated rings. The molecule has 0 aliphatic carbocycles. The standard InChI is InChI=1S/C11H14N4O2S2/c16-19(17,15-8-3-2-6-12-7-8)10-5-1-4-9-11(10)14-18-13-9/h1,4-5,8,12,15H,2-3,6-7H2/t8-/m1/s1. The summed E-state index contributed by atoms with van der Waals surface area (Å²) in [6.45, 7) is 1.62. The van der Waals surface area contributed by atoms with Crippen molar-refractivity contribution in [2.24, 2.45) is 0 Å².